The van der Waals surface area contributed by atoms with E-state index in [4.69, 9.17) is 4.74 Å². The third-order valence-electron chi connectivity index (χ3n) is 3.97. The summed E-state index contributed by atoms with van der Waals surface area (Å²) in [6.07, 6.45) is 5.05. The molecule has 0 spiro atoms. The molecule has 112 valence electrons. The molecule has 0 atom stereocenters. The predicted molar refractivity (Wildman–Crippen MR) is 83.1 cm³/mol. The van der Waals surface area contributed by atoms with Crippen LogP contribution in [0.4, 0.5) is 0 Å². The number of hydrogen-bond acceptors (Lipinski definition) is 3. The summed E-state index contributed by atoms with van der Waals surface area (Å²) in [6, 6.07) is 10.9. The van der Waals surface area contributed by atoms with Crippen molar-refractivity contribution in [3.05, 3.63) is 36.4 Å². The van der Waals surface area contributed by atoms with Crippen LogP contribution in [0.15, 0.2) is 41.3 Å². The quantitative estimate of drug-likeness (QED) is 0.944. The van der Waals surface area contributed by atoms with Gasteiger partial charge in [0.1, 0.15) is 5.75 Å². The van der Waals surface area contributed by atoms with E-state index in [2.05, 4.69) is 4.72 Å². The maximum Gasteiger partial charge on any atom is 0.240 e. The Kier molecular flexibility index (Phi) is 3.87. The number of fused-ring (bicyclic) bond motifs is 1. The fourth-order valence-corrected chi connectivity index (χ4v) is 3.52. The van der Waals surface area contributed by atoms with Crippen LogP contribution in [-0.2, 0) is 10.0 Å². The minimum atomic E-state index is -3.40. The molecule has 1 aliphatic carbocycles. The largest absolute Gasteiger partial charge is 0.490 e. The summed E-state index contributed by atoms with van der Waals surface area (Å²) >= 11 is 0. The Morgan fingerprint density at radius 3 is 2.43 bits per heavy atom. The fourth-order valence-electron chi connectivity index (χ4n) is 2.76. The second-order valence-electron chi connectivity index (χ2n) is 5.40. The van der Waals surface area contributed by atoms with Gasteiger partial charge in [0.25, 0.3) is 0 Å². The van der Waals surface area contributed by atoms with Crippen LogP contribution < -0.4 is 9.46 Å². The first-order valence-electron chi connectivity index (χ1n) is 7.22. The number of sulfonamides is 1. The van der Waals surface area contributed by atoms with Crippen molar-refractivity contribution in [2.75, 3.05) is 7.05 Å². The molecular weight excluding hydrogens is 286 g/mol. The van der Waals surface area contributed by atoms with Gasteiger partial charge in [0.15, 0.2) is 0 Å². The van der Waals surface area contributed by atoms with Crippen molar-refractivity contribution in [1.29, 1.82) is 0 Å². The van der Waals surface area contributed by atoms with E-state index < -0.39 is 10.0 Å². The Balaban J connectivity index is 1.90. The van der Waals surface area contributed by atoms with Crippen LogP contribution in [0, 0.1) is 0 Å². The molecule has 1 aliphatic rings. The van der Waals surface area contributed by atoms with Gasteiger partial charge in [-0.1, -0.05) is 12.1 Å². The SMILES string of the molecule is CNS(=O)(=O)c1ccc2cc(OC3CCCC3)ccc2c1. The second kappa shape index (κ2) is 5.66. The van der Waals surface area contributed by atoms with E-state index in [0.717, 1.165) is 29.4 Å². The fraction of sp³-hybridized carbons (Fsp3) is 0.375. The molecular formula is C16H19NO3S. The van der Waals surface area contributed by atoms with Crippen molar-refractivity contribution in [3.8, 4) is 5.75 Å². The highest BCUT2D eigenvalue weighted by atomic mass is 32.2. The molecule has 0 aromatic heterocycles. The molecule has 2 aromatic rings. The summed E-state index contributed by atoms with van der Waals surface area (Å²) in [5.41, 5.74) is 0. The average Bonchev–Trinajstić information content (AvgIpc) is 2.99. The van der Waals surface area contributed by atoms with E-state index in [1.807, 2.05) is 24.3 Å². The van der Waals surface area contributed by atoms with Crippen molar-refractivity contribution in [2.24, 2.45) is 0 Å². The lowest BCUT2D eigenvalue weighted by molar-refractivity contribution is 0.210. The molecule has 1 saturated carbocycles. The number of benzene rings is 2. The molecule has 0 radical (unpaired) electrons. The van der Waals surface area contributed by atoms with Crippen LogP contribution in [0.3, 0.4) is 0 Å². The Morgan fingerprint density at radius 1 is 1.05 bits per heavy atom. The first-order chi connectivity index (χ1) is 10.1. The third-order valence-corrected chi connectivity index (χ3v) is 5.38. The molecule has 5 heteroatoms. The van der Waals surface area contributed by atoms with Gasteiger partial charge < -0.3 is 4.74 Å². The highest BCUT2D eigenvalue weighted by molar-refractivity contribution is 7.89. The molecule has 1 N–H and O–H groups in total. The van der Waals surface area contributed by atoms with Crippen LogP contribution in [-0.4, -0.2) is 21.6 Å². The molecule has 1 fully saturated rings. The van der Waals surface area contributed by atoms with E-state index in [-0.39, 0.29) is 4.90 Å². The lowest BCUT2D eigenvalue weighted by atomic mass is 10.1. The second-order valence-corrected chi connectivity index (χ2v) is 7.29. The molecule has 0 aliphatic heterocycles. The molecule has 0 unspecified atom stereocenters. The zero-order chi connectivity index (χ0) is 14.9. The number of nitrogens with one attached hydrogen (secondary N) is 1. The Bertz CT molecular complexity index is 749. The predicted octanol–water partition coefficient (Wildman–Crippen LogP) is 3.07. The van der Waals surface area contributed by atoms with Crippen LogP contribution in [0.1, 0.15) is 25.7 Å². The topological polar surface area (TPSA) is 55.4 Å². The van der Waals surface area contributed by atoms with Crippen LogP contribution in [0.25, 0.3) is 10.8 Å². The lowest BCUT2D eigenvalue weighted by Crippen LogP contribution is -2.18. The number of hydrogen-bond donors (Lipinski definition) is 1. The molecule has 0 amide bonds. The van der Waals surface area contributed by atoms with Gasteiger partial charge in [0, 0.05) is 0 Å². The van der Waals surface area contributed by atoms with E-state index in [0.29, 0.717) is 6.10 Å². The van der Waals surface area contributed by atoms with Crippen LogP contribution >= 0.6 is 0 Å². The maximum absolute atomic E-state index is 11.8. The Labute approximate surface area is 125 Å². The molecule has 0 heterocycles. The Morgan fingerprint density at radius 2 is 1.71 bits per heavy atom. The number of ether oxygens (including phenoxy) is 1. The molecule has 0 saturated heterocycles. The summed E-state index contributed by atoms with van der Waals surface area (Å²) < 4.78 is 31.9. The van der Waals surface area contributed by atoms with Crippen LogP contribution in [0.5, 0.6) is 5.75 Å². The van der Waals surface area contributed by atoms with Gasteiger partial charge in [0.2, 0.25) is 10.0 Å². The summed E-state index contributed by atoms with van der Waals surface area (Å²) in [5.74, 6) is 0.860. The smallest absolute Gasteiger partial charge is 0.240 e. The minimum absolute atomic E-state index is 0.280. The van der Waals surface area contributed by atoms with Gasteiger partial charge in [-0.2, -0.15) is 0 Å². The normalized spacial score (nSPS) is 16.4. The Hall–Kier alpha value is -1.59. The minimum Gasteiger partial charge on any atom is -0.490 e. The van der Waals surface area contributed by atoms with E-state index in [1.54, 1.807) is 12.1 Å². The molecule has 0 bridgehead atoms. The highest BCUT2D eigenvalue weighted by Crippen LogP contribution is 2.27. The van der Waals surface area contributed by atoms with E-state index in [9.17, 15) is 8.42 Å². The third kappa shape index (κ3) is 3.04. The summed E-state index contributed by atoms with van der Waals surface area (Å²) in [4.78, 5) is 0.280. The summed E-state index contributed by atoms with van der Waals surface area (Å²) in [5, 5.41) is 1.88. The maximum atomic E-state index is 11.8. The zero-order valence-electron chi connectivity index (χ0n) is 12.0. The van der Waals surface area contributed by atoms with Crippen LogP contribution in [0.2, 0.25) is 0 Å². The van der Waals surface area contributed by atoms with Gasteiger partial charge in [-0.3, -0.25) is 0 Å². The zero-order valence-corrected chi connectivity index (χ0v) is 12.8. The monoisotopic (exact) mass is 305 g/mol. The van der Waals surface area contributed by atoms with Gasteiger partial charge in [-0.25, -0.2) is 13.1 Å². The number of rotatable bonds is 4. The van der Waals surface area contributed by atoms with Crippen molar-refractivity contribution >= 4 is 20.8 Å². The standard InChI is InChI=1S/C16H19NO3S/c1-17-21(18,19)16-9-7-12-10-15(8-6-13(12)11-16)20-14-4-2-3-5-14/h6-11,14,17H,2-5H2,1H3. The van der Waals surface area contributed by atoms with E-state index in [1.165, 1.54) is 19.9 Å². The van der Waals surface area contributed by atoms with Gasteiger partial charge >= 0.3 is 0 Å². The van der Waals surface area contributed by atoms with Gasteiger partial charge in [-0.05, 0) is 67.8 Å². The van der Waals surface area contributed by atoms with Crippen molar-refractivity contribution in [3.63, 3.8) is 0 Å². The molecule has 4 nitrogen and oxygen atoms in total. The summed E-state index contributed by atoms with van der Waals surface area (Å²) in [7, 11) is -1.98. The average molecular weight is 305 g/mol. The lowest BCUT2D eigenvalue weighted by Gasteiger charge is -2.13. The van der Waals surface area contributed by atoms with Gasteiger partial charge in [-0.15, -0.1) is 0 Å². The molecule has 3 rings (SSSR count). The van der Waals surface area contributed by atoms with E-state index >= 15 is 0 Å². The molecule has 2 aromatic carbocycles. The van der Waals surface area contributed by atoms with Crippen molar-refractivity contribution in [1.82, 2.24) is 4.72 Å². The van der Waals surface area contributed by atoms with Crippen molar-refractivity contribution < 1.29 is 13.2 Å². The summed E-state index contributed by atoms with van der Waals surface area (Å²) in [6.45, 7) is 0. The first kappa shape index (κ1) is 14.4. The molecule has 21 heavy (non-hydrogen) atoms. The highest BCUT2D eigenvalue weighted by Gasteiger charge is 2.17. The van der Waals surface area contributed by atoms with Crippen molar-refractivity contribution in [2.45, 2.75) is 36.7 Å². The first-order valence-corrected chi connectivity index (χ1v) is 8.71. The van der Waals surface area contributed by atoms with Gasteiger partial charge in [0.05, 0.1) is 11.0 Å².